The molecule has 0 bridgehead atoms. The summed E-state index contributed by atoms with van der Waals surface area (Å²) in [6.07, 6.45) is 21.4. The number of nitrogens with zero attached hydrogens (tertiary/aromatic N) is 2. The summed E-state index contributed by atoms with van der Waals surface area (Å²) in [6.45, 7) is 12.0. The quantitative estimate of drug-likeness (QED) is 0.477. The van der Waals surface area contributed by atoms with Crippen molar-refractivity contribution in [1.29, 1.82) is 0 Å². The number of rotatable bonds is 6. The third kappa shape index (κ3) is 8.01. The summed E-state index contributed by atoms with van der Waals surface area (Å²) < 4.78 is 0. The monoisotopic (exact) mass is 469 g/mol. The standard InChI is InChI=1S/C30H39N5/c1-5-26(21-28-19-23(2)11-18-34-28)35-27-9-13-30(4,14-10-27)29(31)20-25-22-33-16-8-6-7-15-32-17-12-24(25)3/h9-13,17-20,22,32,35H,1,6-8,14-16,21,31H2,2-4H3/b17-12-,25-24-,29-20-,33-22?. The molecular weight excluding hydrogens is 430 g/mol. The maximum Gasteiger partial charge on any atom is 0.0636 e. The van der Waals surface area contributed by atoms with Gasteiger partial charge in [0.05, 0.1) is 5.70 Å². The fourth-order valence-electron chi connectivity index (χ4n) is 3.96. The van der Waals surface area contributed by atoms with E-state index >= 15 is 0 Å². The van der Waals surface area contributed by atoms with Crippen molar-refractivity contribution in [2.24, 2.45) is 16.1 Å². The van der Waals surface area contributed by atoms with Gasteiger partial charge in [0, 0.05) is 54.4 Å². The van der Waals surface area contributed by atoms with Crippen LogP contribution in [-0.4, -0.2) is 24.3 Å². The van der Waals surface area contributed by atoms with Crippen molar-refractivity contribution >= 4 is 6.21 Å². The van der Waals surface area contributed by atoms with Crippen LogP contribution >= 0.6 is 0 Å². The molecule has 0 amide bonds. The van der Waals surface area contributed by atoms with E-state index in [1.807, 2.05) is 24.7 Å². The van der Waals surface area contributed by atoms with Crippen LogP contribution in [0.3, 0.4) is 0 Å². The minimum atomic E-state index is -0.270. The van der Waals surface area contributed by atoms with Gasteiger partial charge in [-0.3, -0.25) is 9.98 Å². The molecule has 2 aliphatic rings. The molecule has 5 nitrogen and oxygen atoms in total. The van der Waals surface area contributed by atoms with Crippen molar-refractivity contribution in [2.75, 3.05) is 13.1 Å². The molecule has 1 atom stereocenters. The molecule has 184 valence electrons. The van der Waals surface area contributed by atoms with Gasteiger partial charge >= 0.3 is 0 Å². The third-order valence-corrected chi connectivity index (χ3v) is 6.43. The van der Waals surface area contributed by atoms with E-state index in [0.29, 0.717) is 6.42 Å². The van der Waals surface area contributed by atoms with E-state index < -0.39 is 0 Å². The molecule has 0 saturated heterocycles. The molecule has 2 heterocycles. The molecule has 3 rings (SSSR count). The van der Waals surface area contributed by atoms with E-state index in [-0.39, 0.29) is 5.41 Å². The summed E-state index contributed by atoms with van der Waals surface area (Å²) in [5.74, 6) is 0. The van der Waals surface area contributed by atoms with Gasteiger partial charge in [-0.25, -0.2) is 0 Å². The van der Waals surface area contributed by atoms with Gasteiger partial charge in [0.2, 0.25) is 0 Å². The summed E-state index contributed by atoms with van der Waals surface area (Å²) in [5.41, 5.74) is 16.5. The molecule has 0 fully saturated rings. The van der Waals surface area contributed by atoms with E-state index in [1.165, 1.54) is 18.4 Å². The van der Waals surface area contributed by atoms with Crippen LogP contribution in [0.2, 0.25) is 0 Å². The first kappa shape index (κ1) is 26.1. The predicted molar refractivity (Wildman–Crippen MR) is 148 cm³/mol. The Kier molecular flexibility index (Phi) is 9.51. The molecule has 0 aromatic carbocycles. The number of hydrogen-bond acceptors (Lipinski definition) is 5. The number of hydrogen-bond donors (Lipinski definition) is 3. The van der Waals surface area contributed by atoms with Crippen molar-refractivity contribution in [3.8, 4) is 0 Å². The van der Waals surface area contributed by atoms with E-state index in [2.05, 4.69) is 90.1 Å². The van der Waals surface area contributed by atoms with E-state index in [9.17, 15) is 0 Å². The lowest BCUT2D eigenvalue weighted by Crippen LogP contribution is -2.26. The highest BCUT2D eigenvalue weighted by molar-refractivity contribution is 5.84. The molecular formula is C30H39N5. The molecule has 1 aliphatic heterocycles. The van der Waals surface area contributed by atoms with Crippen molar-refractivity contribution in [3.63, 3.8) is 0 Å². The Morgan fingerprint density at radius 3 is 2.89 bits per heavy atom. The van der Waals surface area contributed by atoms with E-state index in [1.54, 1.807) is 0 Å². The Hall–Kier alpha value is -3.56. The average molecular weight is 470 g/mol. The van der Waals surface area contributed by atoms with Crippen LogP contribution < -0.4 is 16.4 Å². The molecule has 1 unspecified atom stereocenters. The minimum absolute atomic E-state index is 0.270. The van der Waals surface area contributed by atoms with Gasteiger partial charge < -0.3 is 16.4 Å². The lowest BCUT2D eigenvalue weighted by Gasteiger charge is -2.29. The lowest BCUT2D eigenvalue weighted by atomic mass is 9.79. The zero-order valence-electron chi connectivity index (χ0n) is 21.4. The fraction of sp³-hybridized carbons (Fsp3) is 0.367. The number of aromatic nitrogens is 1. The highest BCUT2D eigenvalue weighted by atomic mass is 14.9. The first-order valence-electron chi connectivity index (χ1n) is 12.4. The van der Waals surface area contributed by atoms with E-state index in [0.717, 1.165) is 59.9 Å². The van der Waals surface area contributed by atoms with Gasteiger partial charge in [-0.15, -0.1) is 5.73 Å². The number of nitrogens with two attached hydrogens (primary N) is 1. The number of allylic oxidation sites excluding steroid dienone is 8. The highest BCUT2D eigenvalue weighted by Gasteiger charge is 2.26. The molecule has 0 spiro atoms. The SMILES string of the molecule is C=C=C(Cc1cc(C)ccn1)NC1=CCC(C)(/C(N)=C/C2=C(C)/C=C\NCCCCCN=C2)C=C1. The summed E-state index contributed by atoms with van der Waals surface area (Å²) in [7, 11) is 0. The fourth-order valence-corrected chi connectivity index (χ4v) is 3.96. The number of pyridine rings is 1. The van der Waals surface area contributed by atoms with Crippen molar-refractivity contribution in [3.05, 3.63) is 107 Å². The number of nitrogens with one attached hydrogen (secondary N) is 2. The Balaban J connectivity index is 1.71. The third-order valence-electron chi connectivity index (χ3n) is 6.43. The molecule has 35 heavy (non-hydrogen) atoms. The van der Waals surface area contributed by atoms with Crippen LogP contribution in [0.4, 0.5) is 0 Å². The van der Waals surface area contributed by atoms with Crippen molar-refractivity contribution < 1.29 is 0 Å². The molecule has 0 saturated carbocycles. The Morgan fingerprint density at radius 2 is 2.14 bits per heavy atom. The second kappa shape index (κ2) is 12.8. The molecule has 5 heteroatoms. The molecule has 4 N–H and O–H groups in total. The summed E-state index contributed by atoms with van der Waals surface area (Å²) in [4.78, 5) is 9.10. The zero-order chi connectivity index (χ0) is 25.1. The van der Waals surface area contributed by atoms with Gasteiger partial charge in [-0.2, -0.15) is 0 Å². The summed E-state index contributed by atoms with van der Waals surface area (Å²) in [5, 5.41) is 6.82. The van der Waals surface area contributed by atoms with Crippen LogP contribution in [0.5, 0.6) is 0 Å². The Labute approximate surface area is 210 Å². The second-order valence-corrected chi connectivity index (χ2v) is 9.52. The Morgan fingerprint density at radius 1 is 1.29 bits per heavy atom. The zero-order valence-corrected chi connectivity index (χ0v) is 21.4. The lowest BCUT2D eigenvalue weighted by molar-refractivity contribution is 0.506. The van der Waals surface area contributed by atoms with Crippen LogP contribution in [0.15, 0.2) is 100 Å². The Bertz CT molecular complexity index is 1130. The first-order valence-corrected chi connectivity index (χ1v) is 12.4. The smallest absolute Gasteiger partial charge is 0.0636 e. The van der Waals surface area contributed by atoms with Crippen LogP contribution in [0.25, 0.3) is 0 Å². The molecule has 1 aromatic rings. The van der Waals surface area contributed by atoms with Crippen LogP contribution in [0.1, 0.15) is 50.8 Å². The topological polar surface area (TPSA) is 75.3 Å². The molecule has 1 aromatic heterocycles. The van der Waals surface area contributed by atoms with Crippen molar-refractivity contribution in [2.45, 2.75) is 52.9 Å². The van der Waals surface area contributed by atoms with Gasteiger partial charge in [0.1, 0.15) is 0 Å². The maximum absolute atomic E-state index is 6.67. The number of aryl methyl sites for hydroxylation is 1. The molecule has 0 radical (unpaired) electrons. The highest BCUT2D eigenvalue weighted by Crippen LogP contribution is 2.34. The number of aliphatic imine (C=N–C) groups is 1. The van der Waals surface area contributed by atoms with Crippen LogP contribution in [-0.2, 0) is 6.42 Å². The largest absolute Gasteiger partial charge is 0.401 e. The van der Waals surface area contributed by atoms with Crippen molar-refractivity contribution in [1.82, 2.24) is 15.6 Å². The maximum atomic E-state index is 6.67. The van der Waals surface area contributed by atoms with E-state index in [4.69, 9.17) is 5.73 Å². The molecule has 1 aliphatic carbocycles. The predicted octanol–water partition coefficient (Wildman–Crippen LogP) is 5.56. The normalized spacial score (nSPS) is 24.3. The van der Waals surface area contributed by atoms with Gasteiger partial charge in [0.15, 0.2) is 0 Å². The van der Waals surface area contributed by atoms with Gasteiger partial charge in [-0.05, 0) is 92.8 Å². The first-order chi connectivity index (χ1) is 16.9. The average Bonchev–Trinajstić information content (AvgIpc) is 2.84. The van der Waals surface area contributed by atoms with Gasteiger partial charge in [0.25, 0.3) is 0 Å². The minimum Gasteiger partial charge on any atom is -0.401 e. The van der Waals surface area contributed by atoms with Crippen LogP contribution in [0, 0.1) is 12.3 Å². The second-order valence-electron chi connectivity index (χ2n) is 9.52. The van der Waals surface area contributed by atoms with Gasteiger partial charge in [-0.1, -0.05) is 25.7 Å². The summed E-state index contributed by atoms with van der Waals surface area (Å²) >= 11 is 0. The summed E-state index contributed by atoms with van der Waals surface area (Å²) in [6, 6.07) is 4.08.